The molecule has 2 aliphatic rings. The monoisotopic (exact) mass is 388 g/mol. The van der Waals surface area contributed by atoms with E-state index in [1.807, 2.05) is 24.0 Å². The van der Waals surface area contributed by atoms with Crippen LogP contribution in [0.25, 0.3) is 0 Å². The van der Waals surface area contributed by atoms with Crippen molar-refractivity contribution in [1.82, 2.24) is 9.80 Å². The molecule has 6 heteroatoms. The number of rotatable bonds is 7. The maximum absolute atomic E-state index is 12.9. The Hall–Kier alpha value is -2.08. The number of ether oxygens (including phenoxy) is 2. The molecule has 0 saturated carbocycles. The second-order valence-electron chi connectivity index (χ2n) is 7.75. The normalized spacial score (nSPS) is 22.9. The van der Waals surface area contributed by atoms with E-state index in [4.69, 9.17) is 9.47 Å². The molecule has 0 unspecified atom stereocenters. The fraction of sp³-hybridized carbons (Fsp3) is 0.636. The van der Waals surface area contributed by atoms with Gasteiger partial charge in [-0.2, -0.15) is 0 Å². The predicted molar refractivity (Wildman–Crippen MR) is 107 cm³/mol. The van der Waals surface area contributed by atoms with Gasteiger partial charge in [0.2, 0.25) is 5.91 Å². The van der Waals surface area contributed by atoms with E-state index in [2.05, 4.69) is 17.0 Å². The number of nitrogens with zero attached hydrogens (tertiary/aromatic N) is 2. The minimum Gasteiger partial charge on any atom is -0.497 e. The van der Waals surface area contributed by atoms with Gasteiger partial charge in [0.05, 0.1) is 26.2 Å². The lowest BCUT2D eigenvalue weighted by atomic mass is 9.98. The average molecular weight is 389 g/mol. The van der Waals surface area contributed by atoms with Crippen LogP contribution in [-0.4, -0.2) is 67.6 Å². The fourth-order valence-electron chi connectivity index (χ4n) is 4.30. The summed E-state index contributed by atoms with van der Waals surface area (Å²) in [5.41, 5.74) is 1.27. The largest absolute Gasteiger partial charge is 0.497 e. The summed E-state index contributed by atoms with van der Waals surface area (Å²) < 4.78 is 10.4. The highest BCUT2D eigenvalue weighted by Crippen LogP contribution is 2.24. The highest BCUT2D eigenvalue weighted by atomic mass is 16.5. The number of carbonyl (C=O) groups is 2. The van der Waals surface area contributed by atoms with Crippen molar-refractivity contribution in [3.8, 4) is 5.75 Å². The predicted octanol–water partition coefficient (Wildman–Crippen LogP) is 2.50. The first-order valence-corrected chi connectivity index (χ1v) is 10.4. The lowest BCUT2D eigenvalue weighted by Gasteiger charge is -2.33. The average Bonchev–Trinajstić information content (AvgIpc) is 3.15. The summed E-state index contributed by atoms with van der Waals surface area (Å²) in [5, 5.41) is 0. The third-order valence-corrected chi connectivity index (χ3v) is 5.86. The standard InChI is InChI=1S/C22H32N2O4/c1-3-28-22(26)18-6-4-13-24(15-18)21(25)16-23-12-5-7-19(23)14-17-8-10-20(27-2)11-9-17/h8-11,18-19H,3-7,12-16H2,1-2H3/t18-,19-/m0/s1. The van der Waals surface area contributed by atoms with Crippen LogP contribution in [0.3, 0.4) is 0 Å². The van der Waals surface area contributed by atoms with Gasteiger partial charge >= 0.3 is 5.97 Å². The minimum atomic E-state index is -0.175. The van der Waals surface area contributed by atoms with Gasteiger partial charge in [-0.05, 0) is 63.3 Å². The van der Waals surface area contributed by atoms with Gasteiger partial charge in [0.25, 0.3) is 0 Å². The molecule has 3 rings (SSSR count). The Bertz CT molecular complexity index is 661. The van der Waals surface area contributed by atoms with Crippen molar-refractivity contribution in [2.24, 2.45) is 5.92 Å². The SMILES string of the molecule is CCOC(=O)[C@H]1CCCN(C(=O)CN2CCC[C@H]2Cc2ccc(OC)cc2)C1. The Labute approximate surface area is 167 Å². The Morgan fingerprint density at radius 1 is 1.11 bits per heavy atom. The summed E-state index contributed by atoms with van der Waals surface area (Å²) in [6.07, 6.45) is 4.87. The van der Waals surface area contributed by atoms with Crippen molar-refractivity contribution in [3.05, 3.63) is 29.8 Å². The molecule has 1 aromatic carbocycles. The van der Waals surface area contributed by atoms with Gasteiger partial charge in [0.1, 0.15) is 5.75 Å². The van der Waals surface area contributed by atoms with Crippen LogP contribution in [0.4, 0.5) is 0 Å². The molecule has 28 heavy (non-hydrogen) atoms. The molecule has 154 valence electrons. The van der Waals surface area contributed by atoms with Crippen molar-refractivity contribution in [2.75, 3.05) is 39.9 Å². The molecule has 2 heterocycles. The number of likely N-dealkylation sites (tertiary alicyclic amines) is 2. The summed E-state index contributed by atoms with van der Waals surface area (Å²) in [6, 6.07) is 8.58. The molecule has 2 fully saturated rings. The van der Waals surface area contributed by atoms with Crippen molar-refractivity contribution >= 4 is 11.9 Å². The highest BCUT2D eigenvalue weighted by molar-refractivity contribution is 5.80. The zero-order chi connectivity index (χ0) is 19.9. The molecule has 0 radical (unpaired) electrons. The van der Waals surface area contributed by atoms with Crippen molar-refractivity contribution in [1.29, 1.82) is 0 Å². The van der Waals surface area contributed by atoms with E-state index in [1.54, 1.807) is 7.11 Å². The zero-order valence-corrected chi connectivity index (χ0v) is 17.1. The van der Waals surface area contributed by atoms with E-state index in [0.717, 1.165) is 50.9 Å². The van der Waals surface area contributed by atoms with E-state index < -0.39 is 0 Å². The number of esters is 1. The molecule has 1 amide bonds. The molecule has 2 aliphatic heterocycles. The van der Waals surface area contributed by atoms with Gasteiger partial charge in [0, 0.05) is 19.1 Å². The molecule has 6 nitrogen and oxygen atoms in total. The fourth-order valence-corrected chi connectivity index (χ4v) is 4.30. The first-order chi connectivity index (χ1) is 13.6. The summed E-state index contributed by atoms with van der Waals surface area (Å²) in [7, 11) is 1.67. The molecule has 2 saturated heterocycles. The van der Waals surface area contributed by atoms with E-state index in [9.17, 15) is 9.59 Å². The molecule has 0 N–H and O–H groups in total. The zero-order valence-electron chi connectivity index (χ0n) is 17.1. The number of amides is 1. The maximum atomic E-state index is 12.9. The van der Waals surface area contributed by atoms with E-state index >= 15 is 0 Å². The number of methoxy groups -OCH3 is 1. The molecule has 1 aromatic rings. The molecule has 0 bridgehead atoms. The van der Waals surface area contributed by atoms with Gasteiger partial charge in [-0.3, -0.25) is 14.5 Å². The van der Waals surface area contributed by atoms with E-state index in [-0.39, 0.29) is 17.8 Å². The van der Waals surface area contributed by atoms with Gasteiger partial charge in [-0.15, -0.1) is 0 Å². The van der Waals surface area contributed by atoms with Crippen LogP contribution in [0.5, 0.6) is 5.75 Å². The smallest absolute Gasteiger partial charge is 0.310 e. The molecular weight excluding hydrogens is 356 g/mol. The summed E-state index contributed by atoms with van der Waals surface area (Å²) in [4.78, 5) is 29.1. The molecule has 0 aliphatic carbocycles. The lowest BCUT2D eigenvalue weighted by molar-refractivity contribution is -0.151. The molecule has 2 atom stereocenters. The van der Waals surface area contributed by atoms with Crippen LogP contribution in [0, 0.1) is 5.92 Å². The van der Waals surface area contributed by atoms with Crippen LogP contribution < -0.4 is 4.74 Å². The number of benzene rings is 1. The third kappa shape index (κ3) is 5.25. The Morgan fingerprint density at radius 3 is 2.57 bits per heavy atom. The second kappa shape index (κ2) is 9.92. The topological polar surface area (TPSA) is 59.1 Å². The van der Waals surface area contributed by atoms with Crippen LogP contribution >= 0.6 is 0 Å². The van der Waals surface area contributed by atoms with Gasteiger partial charge in [-0.25, -0.2) is 0 Å². The minimum absolute atomic E-state index is 0.135. The highest BCUT2D eigenvalue weighted by Gasteiger charge is 2.32. The van der Waals surface area contributed by atoms with Gasteiger partial charge < -0.3 is 14.4 Å². The summed E-state index contributed by atoms with van der Waals surface area (Å²) >= 11 is 0. The molecule has 0 aromatic heterocycles. The van der Waals surface area contributed by atoms with Crippen molar-refractivity contribution in [3.63, 3.8) is 0 Å². The first kappa shape index (κ1) is 20.6. The Morgan fingerprint density at radius 2 is 1.86 bits per heavy atom. The number of hydrogen-bond donors (Lipinski definition) is 0. The van der Waals surface area contributed by atoms with Crippen LogP contribution in [0.1, 0.15) is 38.2 Å². The number of hydrogen-bond acceptors (Lipinski definition) is 5. The Kier molecular flexibility index (Phi) is 7.31. The number of carbonyl (C=O) groups excluding carboxylic acids is 2. The van der Waals surface area contributed by atoms with E-state index in [1.165, 1.54) is 5.56 Å². The molecular formula is C22H32N2O4. The summed E-state index contributed by atoms with van der Waals surface area (Å²) in [6.45, 7) is 4.85. The second-order valence-corrected chi connectivity index (χ2v) is 7.75. The van der Waals surface area contributed by atoms with Gasteiger partial charge in [-0.1, -0.05) is 12.1 Å². The summed E-state index contributed by atoms with van der Waals surface area (Å²) in [5.74, 6) is 0.656. The van der Waals surface area contributed by atoms with E-state index in [0.29, 0.717) is 25.7 Å². The van der Waals surface area contributed by atoms with Crippen molar-refractivity contribution < 1.29 is 19.1 Å². The lowest BCUT2D eigenvalue weighted by Crippen LogP contribution is -2.47. The van der Waals surface area contributed by atoms with Crippen LogP contribution in [0.2, 0.25) is 0 Å². The third-order valence-electron chi connectivity index (χ3n) is 5.86. The molecule has 0 spiro atoms. The number of piperidine rings is 1. The Balaban J connectivity index is 1.54. The van der Waals surface area contributed by atoms with Crippen LogP contribution in [0.15, 0.2) is 24.3 Å². The maximum Gasteiger partial charge on any atom is 0.310 e. The quantitative estimate of drug-likeness (QED) is 0.672. The van der Waals surface area contributed by atoms with Crippen LogP contribution in [-0.2, 0) is 20.7 Å². The van der Waals surface area contributed by atoms with Gasteiger partial charge in [0.15, 0.2) is 0 Å². The van der Waals surface area contributed by atoms with Crippen molar-refractivity contribution in [2.45, 2.75) is 45.1 Å². The first-order valence-electron chi connectivity index (χ1n) is 10.4.